The van der Waals surface area contributed by atoms with Crippen LogP contribution in [-0.4, -0.2) is 23.2 Å². The number of aromatic nitrogens is 2. The third kappa shape index (κ3) is 2.47. The molecule has 2 heterocycles. The number of rotatable bonds is 3. The van der Waals surface area contributed by atoms with Crippen molar-refractivity contribution in [3.63, 3.8) is 0 Å². The van der Waals surface area contributed by atoms with Crippen molar-refractivity contribution in [2.75, 3.05) is 13.2 Å². The molecule has 1 saturated heterocycles. The Bertz CT molecular complexity index is 355. The zero-order valence-corrected chi connectivity index (χ0v) is 10.7. The summed E-state index contributed by atoms with van der Waals surface area (Å²) in [5.41, 5.74) is 0.855. The third-order valence-electron chi connectivity index (χ3n) is 2.72. The molecule has 0 bridgehead atoms. The van der Waals surface area contributed by atoms with Gasteiger partial charge in [-0.1, -0.05) is 36.5 Å². The van der Waals surface area contributed by atoms with Crippen LogP contribution >= 0.6 is 23.2 Å². The van der Waals surface area contributed by atoms with Crippen LogP contribution < -0.4 is 0 Å². The largest absolute Gasteiger partial charge is 0.381 e. The molecule has 88 valence electrons. The summed E-state index contributed by atoms with van der Waals surface area (Å²) in [5, 5.41) is 0.979. The molecule has 2 rings (SSSR count). The zero-order valence-electron chi connectivity index (χ0n) is 9.17. The van der Waals surface area contributed by atoms with E-state index in [1.807, 2.05) is 0 Å². The number of nitrogens with zero attached hydrogens (tertiary/aromatic N) is 2. The van der Waals surface area contributed by atoms with E-state index in [9.17, 15) is 0 Å². The van der Waals surface area contributed by atoms with Gasteiger partial charge < -0.3 is 4.74 Å². The van der Waals surface area contributed by atoms with Crippen molar-refractivity contribution in [2.24, 2.45) is 0 Å². The second-order valence-electron chi connectivity index (χ2n) is 3.95. The molecular formula is C11H14Cl2N2O. The van der Waals surface area contributed by atoms with Gasteiger partial charge in [-0.25, -0.2) is 9.97 Å². The van der Waals surface area contributed by atoms with Crippen LogP contribution in [-0.2, 0) is 11.2 Å². The van der Waals surface area contributed by atoms with Crippen LogP contribution in [0.2, 0.25) is 10.3 Å². The highest BCUT2D eigenvalue weighted by Crippen LogP contribution is 2.28. The Kier molecular flexibility index (Phi) is 4.00. The molecule has 0 saturated carbocycles. The van der Waals surface area contributed by atoms with E-state index < -0.39 is 0 Å². The van der Waals surface area contributed by atoms with Crippen molar-refractivity contribution in [2.45, 2.75) is 32.1 Å². The highest BCUT2D eigenvalue weighted by Gasteiger charge is 2.22. The first-order valence-corrected chi connectivity index (χ1v) is 6.27. The number of hydrogen-bond acceptors (Lipinski definition) is 3. The highest BCUT2D eigenvalue weighted by molar-refractivity contribution is 6.34. The molecule has 0 radical (unpaired) electrons. The molecule has 0 aromatic carbocycles. The standard InChI is InChI=1S/C11H14Cl2N2O/c1-2-3-8-9(12)14-11(15-10(8)13)7-4-5-16-6-7/h7H,2-6H2,1H3. The Morgan fingerprint density at radius 3 is 2.50 bits per heavy atom. The van der Waals surface area contributed by atoms with Crippen LogP contribution in [0.1, 0.15) is 37.1 Å². The summed E-state index contributed by atoms with van der Waals surface area (Å²) in [4.78, 5) is 8.65. The Morgan fingerprint density at radius 2 is 2.00 bits per heavy atom. The maximum atomic E-state index is 6.12. The van der Waals surface area contributed by atoms with E-state index >= 15 is 0 Å². The van der Waals surface area contributed by atoms with Crippen molar-refractivity contribution in [1.29, 1.82) is 0 Å². The van der Waals surface area contributed by atoms with E-state index in [0.717, 1.165) is 31.4 Å². The molecule has 1 aliphatic heterocycles. The molecule has 1 unspecified atom stereocenters. The van der Waals surface area contributed by atoms with E-state index in [0.29, 0.717) is 22.7 Å². The van der Waals surface area contributed by atoms with Crippen molar-refractivity contribution in [3.8, 4) is 0 Å². The molecule has 1 aromatic heterocycles. The molecule has 1 aliphatic rings. The summed E-state index contributed by atoms with van der Waals surface area (Å²) < 4.78 is 5.30. The van der Waals surface area contributed by atoms with Crippen molar-refractivity contribution >= 4 is 23.2 Å². The van der Waals surface area contributed by atoms with E-state index in [-0.39, 0.29) is 5.92 Å². The SMILES string of the molecule is CCCc1c(Cl)nc(C2CCOC2)nc1Cl. The van der Waals surface area contributed by atoms with Gasteiger partial charge in [-0.15, -0.1) is 0 Å². The predicted molar refractivity (Wildman–Crippen MR) is 64.2 cm³/mol. The number of ether oxygens (including phenoxy) is 1. The molecule has 1 fully saturated rings. The minimum absolute atomic E-state index is 0.241. The average molecular weight is 261 g/mol. The summed E-state index contributed by atoms with van der Waals surface area (Å²) in [7, 11) is 0. The highest BCUT2D eigenvalue weighted by atomic mass is 35.5. The van der Waals surface area contributed by atoms with Gasteiger partial charge in [-0.05, 0) is 12.8 Å². The molecule has 16 heavy (non-hydrogen) atoms. The van der Waals surface area contributed by atoms with E-state index in [1.54, 1.807) is 0 Å². The Balaban J connectivity index is 2.28. The molecule has 5 heteroatoms. The van der Waals surface area contributed by atoms with Gasteiger partial charge in [-0.2, -0.15) is 0 Å². The zero-order chi connectivity index (χ0) is 11.5. The topological polar surface area (TPSA) is 35.0 Å². The molecule has 0 aliphatic carbocycles. The van der Waals surface area contributed by atoms with Gasteiger partial charge in [0, 0.05) is 18.1 Å². The van der Waals surface area contributed by atoms with Gasteiger partial charge in [0.1, 0.15) is 16.1 Å². The van der Waals surface area contributed by atoms with Crippen LogP contribution in [0.25, 0.3) is 0 Å². The summed E-state index contributed by atoms with van der Waals surface area (Å²) in [6.45, 7) is 3.51. The van der Waals surface area contributed by atoms with E-state index in [2.05, 4.69) is 16.9 Å². The van der Waals surface area contributed by atoms with E-state index in [1.165, 1.54) is 0 Å². The quantitative estimate of drug-likeness (QED) is 0.783. The lowest BCUT2D eigenvalue weighted by Crippen LogP contribution is -2.07. The normalized spacial score (nSPS) is 20.3. The van der Waals surface area contributed by atoms with Gasteiger partial charge in [0.2, 0.25) is 0 Å². The second-order valence-corrected chi connectivity index (χ2v) is 4.67. The van der Waals surface area contributed by atoms with E-state index in [4.69, 9.17) is 27.9 Å². The van der Waals surface area contributed by atoms with Crippen LogP contribution in [0.3, 0.4) is 0 Å². The lowest BCUT2D eigenvalue weighted by Gasteiger charge is -2.10. The predicted octanol–water partition coefficient (Wildman–Crippen LogP) is 3.24. The van der Waals surface area contributed by atoms with Gasteiger partial charge >= 0.3 is 0 Å². The summed E-state index contributed by atoms with van der Waals surface area (Å²) >= 11 is 12.2. The summed E-state index contributed by atoms with van der Waals surface area (Å²) in [5.74, 6) is 0.957. The molecular weight excluding hydrogens is 247 g/mol. The Labute approximate surface area is 105 Å². The monoisotopic (exact) mass is 260 g/mol. The average Bonchev–Trinajstić information content (AvgIpc) is 2.76. The second kappa shape index (κ2) is 5.30. The Morgan fingerprint density at radius 1 is 1.31 bits per heavy atom. The lowest BCUT2D eigenvalue weighted by molar-refractivity contribution is 0.193. The fraction of sp³-hybridized carbons (Fsp3) is 0.636. The van der Waals surface area contributed by atoms with Crippen molar-refractivity contribution < 1.29 is 4.74 Å². The lowest BCUT2D eigenvalue weighted by atomic mass is 10.1. The summed E-state index contributed by atoms with van der Waals surface area (Å²) in [6.07, 6.45) is 2.74. The first-order valence-electron chi connectivity index (χ1n) is 5.52. The van der Waals surface area contributed by atoms with Crippen molar-refractivity contribution in [1.82, 2.24) is 9.97 Å². The van der Waals surface area contributed by atoms with Crippen LogP contribution in [0.15, 0.2) is 0 Å². The van der Waals surface area contributed by atoms with Gasteiger partial charge in [0.25, 0.3) is 0 Å². The number of hydrogen-bond donors (Lipinski definition) is 0. The van der Waals surface area contributed by atoms with Crippen LogP contribution in [0.4, 0.5) is 0 Å². The fourth-order valence-corrected chi connectivity index (χ4v) is 2.41. The Hall–Kier alpha value is -0.380. The first kappa shape index (κ1) is 12.1. The fourth-order valence-electron chi connectivity index (χ4n) is 1.82. The first-order chi connectivity index (χ1) is 7.72. The van der Waals surface area contributed by atoms with Gasteiger partial charge in [0.15, 0.2) is 0 Å². The van der Waals surface area contributed by atoms with Crippen LogP contribution in [0, 0.1) is 0 Å². The van der Waals surface area contributed by atoms with Crippen LogP contribution in [0.5, 0.6) is 0 Å². The van der Waals surface area contributed by atoms with Gasteiger partial charge in [0.05, 0.1) is 6.61 Å². The van der Waals surface area contributed by atoms with Gasteiger partial charge in [-0.3, -0.25) is 0 Å². The molecule has 1 atom stereocenters. The molecule has 0 amide bonds. The molecule has 0 spiro atoms. The van der Waals surface area contributed by atoms with Crippen molar-refractivity contribution in [3.05, 3.63) is 21.7 Å². The third-order valence-corrected chi connectivity index (χ3v) is 3.34. The minimum atomic E-state index is 0.241. The number of halogens is 2. The molecule has 1 aromatic rings. The maximum Gasteiger partial charge on any atom is 0.137 e. The smallest absolute Gasteiger partial charge is 0.137 e. The molecule has 3 nitrogen and oxygen atoms in total. The molecule has 0 N–H and O–H groups in total. The minimum Gasteiger partial charge on any atom is -0.381 e. The summed E-state index contributed by atoms with van der Waals surface area (Å²) in [6, 6.07) is 0. The maximum absolute atomic E-state index is 6.12.